The summed E-state index contributed by atoms with van der Waals surface area (Å²) in [6.07, 6.45) is 1.59. The lowest BCUT2D eigenvalue weighted by Crippen LogP contribution is -2.27. The van der Waals surface area contributed by atoms with Crippen molar-refractivity contribution in [2.24, 2.45) is 0 Å². The fourth-order valence-electron chi connectivity index (χ4n) is 2.67. The molecular weight excluding hydrogens is 449 g/mol. The van der Waals surface area contributed by atoms with Gasteiger partial charge in [0.1, 0.15) is 5.76 Å². The number of furan rings is 1. The van der Waals surface area contributed by atoms with Gasteiger partial charge in [0.05, 0.1) is 11.4 Å². The van der Waals surface area contributed by atoms with Gasteiger partial charge in [-0.1, -0.05) is 47.1 Å². The largest absolute Gasteiger partial charge is 0.450 e. The Hall–Kier alpha value is -2.12. The number of thioether (sulfide) groups is 1. The van der Waals surface area contributed by atoms with Gasteiger partial charge in [0.25, 0.3) is 11.1 Å². The average Bonchev–Trinajstić information content (AvgIpc) is 3.23. The van der Waals surface area contributed by atoms with Gasteiger partial charge < -0.3 is 4.42 Å². The molecule has 4 rings (SSSR count). The van der Waals surface area contributed by atoms with E-state index in [0.717, 1.165) is 22.2 Å². The predicted molar refractivity (Wildman–Crippen MR) is 117 cm³/mol. The molecular formula is C21H13Cl2NO3S2. The molecule has 0 saturated carbocycles. The maximum Gasteiger partial charge on any atom is 0.293 e. The molecule has 1 aliphatic heterocycles. The van der Waals surface area contributed by atoms with Gasteiger partial charge in [0.2, 0.25) is 0 Å². The molecule has 0 bridgehead atoms. The minimum absolute atomic E-state index is 0.179. The smallest absolute Gasteiger partial charge is 0.293 e. The summed E-state index contributed by atoms with van der Waals surface area (Å²) in [6.45, 7) is 0.179. The van der Waals surface area contributed by atoms with Gasteiger partial charge in [-0.15, -0.1) is 0 Å². The molecule has 0 spiro atoms. The molecule has 1 aromatic heterocycles. The molecule has 0 N–H and O–H groups in total. The van der Waals surface area contributed by atoms with Crippen LogP contribution in [0, 0.1) is 0 Å². The van der Waals surface area contributed by atoms with Crippen molar-refractivity contribution < 1.29 is 14.0 Å². The van der Waals surface area contributed by atoms with E-state index in [2.05, 4.69) is 0 Å². The van der Waals surface area contributed by atoms with E-state index in [4.69, 9.17) is 27.6 Å². The normalized spacial score (nSPS) is 15.5. The van der Waals surface area contributed by atoms with Crippen molar-refractivity contribution in [3.05, 3.63) is 86.9 Å². The maximum atomic E-state index is 12.7. The summed E-state index contributed by atoms with van der Waals surface area (Å²) in [6, 6.07) is 18.1. The number of hydrogen-bond acceptors (Lipinski definition) is 5. The van der Waals surface area contributed by atoms with Crippen LogP contribution in [0.5, 0.6) is 0 Å². The third-order valence-electron chi connectivity index (χ3n) is 4.01. The van der Waals surface area contributed by atoms with Crippen LogP contribution < -0.4 is 0 Å². The Labute approximate surface area is 185 Å². The van der Waals surface area contributed by atoms with Gasteiger partial charge in [-0.25, -0.2) is 0 Å². The van der Waals surface area contributed by atoms with Crippen molar-refractivity contribution in [2.75, 3.05) is 0 Å². The first kappa shape index (κ1) is 20.2. The Balaban J connectivity index is 1.47. The molecule has 1 aliphatic rings. The SMILES string of the molecule is O=C1S/C(=C\c2ccc(Sc3ccc(Cl)cc3)o2)C(=O)N1Cc1cccc(Cl)c1. The van der Waals surface area contributed by atoms with E-state index in [0.29, 0.717) is 25.8 Å². The summed E-state index contributed by atoms with van der Waals surface area (Å²) in [7, 11) is 0. The Morgan fingerprint density at radius 2 is 1.79 bits per heavy atom. The van der Waals surface area contributed by atoms with Crippen LogP contribution in [0.3, 0.4) is 0 Å². The molecule has 3 aromatic rings. The molecule has 2 heterocycles. The number of nitrogens with zero attached hydrogens (tertiary/aromatic N) is 1. The Morgan fingerprint density at radius 1 is 1.00 bits per heavy atom. The van der Waals surface area contributed by atoms with E-state index in [1.165, 1.54) is 16.7 Å². The molecule has 29 heavy (non-hydrogen) atoms. The van der Waals surface area contributed by atoms with Crippen LogP contribution in [0.1, 0.15) is 11.3 Å². The van der Waals surface area contributed by atoms with Crippen molar-refractivity contribution in [3.8, 4) is 0 Å². The molecule has 1 saturated heterocycles. The van der Waals surface area contributed by atoms with Crippen LogP contribution in [0.15, 0.2) is 80.0 Å². The molecule has 0 unspecified atom stereocenters. The molecule has 1 fully saturated rings. The Morgan fingerprint density at radius 3 is 2.55 bits per heavy atom. The summed E-state index contributed by atoms with van der Waals surface area (Å²) in [5.74, 6) is 0.165. The van der Waals surface area contributed by atoms with E-state index < -0.39 is 0 Å². The van der Waals surface area contributed by atoms with Gasteiger partial charge in [0, 0.05) is 21.0 Å². The van der Waals surface area contributed by atoms with Crippen molar-refractivity contribution in [1.82, 2.24) is 4.90 Å². The second-order valence-corrected chi connectivity index (χ2v) is 9.05. The molecule has 2 amide bonds. The Kier molecular flexibility index (Phi) is 6.06. The predicted octanol–water partition coefficient (Wildman–Crippen LogP) is 6.97. The van der Waals surface area contributed by atoms with E-state index in [9.17, 15) is 9.59 Å². The van der Waals surface area contributed by atoms with Crippen molar-refractivity contribution in [3.63, 3.8) is 0 Å². The highest BCUT2D eigenvalue weighted by Gasteiger charge is 2.35. The third kappa shape index (κ3) is 4.90. The zero-order valence-electron chi connectivity index (χ0n) is 14.8. The van der Waals surface area contributed by atoms with Crippen LogP contribution in [0.4, 0.5) is 4.79 Å². The molecule has 146 valence electrons. The highest BCUT2D eigenvalue weighted by atomic mass is 35.5. The minimum Gasteiger partial charge on any atom is -0.450 e. The highest BCUT2D eigenvalue weighted by molar-refractivity contribution is 8.18. The number of imide groups is 1. The van der Waals surface area contributed by atoms with Crippen molar-refractivity contribution in [1.29, 1.82) is 0 Å². The summed E-state index contributed by atoms with van der Waals surface area (Å²) < 4.78 is 5.77. The van der Waals surface area contributed by atoms with Crippen molar-refractivity contribution in [2.45, 2.75) is 16.5 Å². The zero-order valence-corrected chi connectivity index (χ0v) is 17.9. The summed E-state index contributed by atoms with van der Waals surface area (Å²) in [5, 5.41) is 1.59. The van der Waals surface area contributed by atoms with Crippen LogP contribution in [0.2, 0.25) is 10.0 Å². The number of carbonyl (C=O) groups is 2. The van der Waals surface area contributed by atoms with Gasteiger partial charge in [-0.2, -0.15) is 0 Å². The van der Waals surface area contributed by atoms with Gasteiger partial charge >= 0.3 is 0 Å². The molecule has 4 nitrogen and oxygen atoms in total. The summed E-state index contributed by atoms with van der Waals surface area (Å²) in [4.78, 5) is 27.5. The highest BCUT2D eigenvalue weighted by Crippen LogP contribution is 2.35. The molecule has 0 aliphatic carbocycles. The first-order valence-electron chi connectivity index (χ1n) is 8.51. The molecule has 0 radical (unpaired) electrons. The second-order valence-electron chi connectivity index (χ2n) is 6.11. The van der Waals surface area contributed by atoms with Crippen LogP contribution in [0.25, 0.3) is 6.08 Å². The van der Waals surface area contributed by atoms with E-state index in [1.807, 2.05) is 36.4 Å². The average molecular weight is 462 g/mol. The number of halogens is 2. The fourth-order valence-corrected chi connectivity index (χ4v) is 4.60. The van der Waals surface area contributed by atoms with E-state index >= 15 is 0 Å². The van der Waals surface area contributed by atoms with Gasteiger partial charge in [-0.3, -0.25) is 14.5 Å². The number of amides is 2. The third-order valence-corrected chi connectivity index (χ3v) is 6.33. The first-order valence-corrected chi connectivity index (χ1v) is 10.9. The number of carbonyl (C=O) groups excluding carboxylic acids is 2. The lowest BCUT2D eigenvalue weighted by atomic mass is 10.2. The summed E-state index contributed by atoms with van der Waals surface area (Å²) >= 11 is 14.2. The van der Waals surface area contributed by atoms with Crippen molar-refractivity contribution >= 4 is 63.9 Å². The number of hydrogen-bond donors (Lipinski definition) is 0. The molecule has 0 atom stereocenters. The monoisotopic (exact) mass is 461 g/mol. The van der Waals surface area contributed by atoms with Crippen LogP contribution in [-0.2, 0) is 11.3 Å². The Bertz CT molecular complexity index is 1110. The molecule has 2 aromatic carbocycles. The fraction of sp³-hybridized carbons (Fsp3) is 0.0476. The van der Waals surface area contributed by atoms with Gasteiger partial charge in [-0.05, 0) is 65.9 Å². The van der Waals surface area contributed by atoms with Gasteiger partial charge in [0.15, 0.2) is 5.09 Å². The topological polar surface area (TPSA) is 50.5 Å². The number of rotatable bonds is 5. The maximum absolute atomic E-state index is 12.7. The van der Waals surface area contributed by atoms with Crippen LogP contribution in [-0.4, -0.2) is 16.0 Å². The summed E-state index contributed by atoms with van der Waals surface area (Å²) in [5.41, 5.74) is 0.792. The number of benzene rings is 2. The first-order chi connectivity index (χ1) is 14.0. The lowest BCUT2D eigenvalue weighted by molar-refractivity contribution is -0.123. The van der Waals surface area contributed by atoms with E-state index in [-0.39, 0.29) is 17.7 Å². The minimum atomic E-state index is -0.344. The molecule has 8 heteroatoms. The second kappa shape index (κ2) is 8.71. The quantitative estimate of drug-likeness (QED) is 0.383. The van der Waals surface area contributed by atoms with Crippen LogP contribution >= 0.6 is 46.7 Å². The lowest BCUT2D eigenvalue weighted by Gasteiger charge is -2.12. The standard InChI is InChI=1S/C21H13Cl2NO3S2/c22-14-4-7-17(8-5-14)28-19-9-6-16(27-19)11-18-20(25)24(21(26)29-18)12-13-2-1-3-15(23)10-13/h1-11H,12H2/b18-11-. The zero-order chi connectivity index (χ0) is 20.4. The van der Waals surface area contributed by atoms with E-state index in [1.54, 1.807) is 30.3 Å².